The molecule has 164 valence electrons. The van der Waals surface area contributed by atoms with E-state index < -0.39 is 29.1 Å². The standard InChI is InChI=1S/C20H20ClN3O5S2/c1-13-10-17(14(2)24(13)20-22-8-9-30-20)18(25)12-29-19(26)11-23(3)31(27,28)16-6-4-15(21)5-7-16/h4-10H,11-12H2,1-3H3. The van der Waals surface area contributed by atoms with Crippen molar-refractivity contribution in [3.05, 3.63) is 63.9 Å². The predicted octanol–water partition coefficient (Wildman–Crippen LogP) is 3.25. The van der Waals surface area contributed by atoms with Crippen LogP contribution in [0.1, 0.15) is 21.7 Å². The quantitative estimate of drug-likeness (QED) is 0.362. The van der Waals surface area contributed by atoms with E-state index in [1.54, 1.807) is 19.2 Å². The van der Waals surface area contributed by atoms with Gasteiger partial charge in [0.25, 0.3) is 0 Å². The van der Waals surface area contributed by atoms with Crippen LogP contribution in [0.4, 0.5) is 0 Å². The monoisotopic (exact) mass is 481 g/mol. The molecule has 0 fully saturated rings. The molecule has 0 bridgehead atoms. The number of nitrogens with zero attached hydrogens (tertiary/aromatic N) is 3. The van der Waals surface area contributed by atoms with Crippen LogP contribution in [0.15, 0.2) is 46.8 Å². The Hall–Kier alpha value is -2.53. The molecule has 0 N–H and O–H groups in total. The summed E-state index contributed by atoms with van der Waals surface area (Å²) >= 11 is 7.22. The zero-order valence-corrected chi connectivity index (χ0v) is 19.4. The molecule has 2 aromatic heterocycles. The molecule has 11 heteroatoms. The number of ether oxygens (including phenoxy) is 1. The minimum absolute atomic E-state index is 0.00194. The van der Waals surface area contributed by atoms with Crippen LogP contribution < -0.4 is 0 Å². The number of aromatic nitrogens is 2. The number of sulfonamides is 1. The number of hydrogen-bond acceptors (Lipinski definition) is 7. The van der Waals surface area contributed by atoms with E-state index in [9.17, 15) is 18.0 Å². The molecule has 0 saturated heterocycles. The molecule has 1 aromatic carbocycles. The van der Waals surface area contributed by atoms with E-state index in [0.717, 1.165) is 15.1 Å². The summed E-state index contributed by atoms with van der Waals surface area (Å²) in [5, 5.41) is 2.97. The Balaban J connectivity index is 1.63. The van der Waals surface area contributed by atoms with E-state index in [2.05, 4.69) is 4.98 Å². The number of Topliss-reactive ketones (excluding diaryl/α,β-unsaturated/α-hetero) is 1. The molecule has 0 aliphatic heterocycles. The lowest BCUT2D eigenvalue weighted by atomic mass is 10.1. The lowest BCUT2D eigenvalue weighted by Gasteiger charge is -2.16. The highest BCUT2D eigenvalue weighted by Gasteiger charge is 2.24. The van der Waals surface area contributed by atoms with Crippen molar-refractivity contribution in [2.75, 3.05) is 20.2 Å². The highest BCUT2D eigenvalue weighted by atomic mass is 35.5. The first-order chi connectivity index (χ1) is 14.6. The number of benzene rings is 1. The first-order valence-electron chi connectivity index (χ1n) is 9.11. The maximum absolute atomic E-state index is 12.6. The third-order valence-electron chi connectivity index (χ3n) is 4.58. The topological polar surface area (TPSA) is 98.6 Å². The van der Waals surface area contributed by atoms with Crippen LogP contribution in [0.3, 0.4) is 0 Å². The van der Waals surface area contributed by atoms with Crippen molar-refractivity contribution in [1.82, 2.24) is 13.9 Å². The molecule has 3 aromatic rings. The molecule has 31 heavy (non-hydrogen) atoms. The Labute approximate surface area is 189 Å². The third-order valence-corrected chi connectivity index (χ3v) is 7.41. The van der Waals surface area contributed by atoms with Gasteiger partial charge in [0.1, 0.15) is 6.54 Å². The average molecular weight is 482 g/mol. The van der Waals surface area contributed by atoms with Gasteiger partial charge in [0.15, 0.2) is 11.7 Å². The Morgan fingerprint density at radius 3 is 2.52 bits per heavy atom. The fourth-order valence-corrected chi connectivity index (χ4v) is 4.98. The second-order valence-electron chi connectivity index (χ2n) is 6.73. The number of hydrogen-bond donors (Lipinski definition) is 0. The zero-order valence-electron chi connectivity index (χ0n) is 17.0. The molecule has 3 rings (SSSR count). The van der Waals surface area contributed by atoms with Gasteiger partial charge in [0, 0.05) is 40.6 Å². The molecule has 0 atom stereocenters. The lowest BCUT2D eigenvalue weighted by Crippen LogP contribution is -2.33. The molecule has 0 unspecified atom stereocenters. The van der Waals surface area contributed by atoms with Crippen LogP contribution in [-0.4, -0.2) is 54.2 Å². The van der Waals surface area contributed by atoms with Gasteiger partial charge < -0.3 is 4.74 Å². The summed E-state index contributed by atoms with van der Waals surface area (Å²) in [5.74, 6) is -1.21. The lowest BCUT2D eigenvalue weighted by molar-refractivity contribution is -0.142. The van der Waals surface area contributed by atoms with E-state index in [4.69, 9.17) is 16.3 Å². The van der Waals surface area contributed by atoms with E-state index >= 15 is 0 Å². The van der Waals surface area contributed by atoms with Crippen LogP contribution >= 0.6 is 22.9 Å². The molecule has 0 saturated carbocycles. The Morgan fingerprint density at radius 1 is 1.23 bits per heavy atom. The smallest absolute Gasteiger partial charge is 0.321 e. The Bertz CT molecular complexity index is 1200. The molecule has 0 aliphatic carbocycles. The van der Waals surface area contributed by atoms with Gasteiger partial charge in [-0.2, -0.15) is 4.31 Å². The fourth-order valence-electron chi connectivity index (χ4n) is 2.99. The molecular weight excluding hydrogens is 462 g/mol. The van der Waals surface area contributed by atoms with Gasteiger partial charge in [-0.3, -0.25) is 14.2 Å². The number of ketones is 1. The van der Waals surface area contributed by atoms with Crippen LogP contribution in [0.5, 0.6) is 0 Å². The summed E-state index contributed by atoms with van der Waals surface area (Å²) in [6.07, 6.45) is 1.68. The minimum atomic E-state index is -3.90. The van der Waals surface area contributed by atoms with E-state index in [1.165, 1.54) is 42.6 Å². The van der Waals surface area contributed by atoms with Crippen molar-refractivity contribution in [3.8, 4) is 5.13 Å². The van der Waals surface area contributed by atoms with Gasteiger partial charge in [0.2, 0.25) is 15.8 Å². The van der Waals surface area contributed by atoms with Crippen molar-refractivity contribution >= 4 is 44.7 Å². The van der Waals surface area contributed by atoms with Crippen molar-refractivity contribution < 1.29 is 22.7 Å². The molecule has 0 amide bonds. The van der Waals surface area contributed by atoms with E-state index in [0.29, 0.717) is 16.3 Å². The number of thiazole rings is 1. The zero-order chi connectivity index (χ0) is 22.8. The summed E-state index contributed by atoms with van der Waals surface area (Å²) in [7, 11) is -2.64. The fraction of sp³-hybridized carbons (Fsp3) is 0.250. The molecular formula is C20H20ClN3O5S2. The molecule has 2 heterocycles. The minimum Gasteiger partial charge on any atom is -0.456 e. The first kappa shape index (κ1) is 23.1. The summed E-state index contributed by atoms with van der Waals surface area (Å²) in [6.45, 7) is 2.62. The van der Waals surface area contributed by atoms with Crippen LogP contribution in [0.25, 0.3) is 5.13 Å². The number of halogens is 1. The van der Waals surface area contributed by atoms with Gasteiger partial charge in [-0.1, -0.05) is 11.6 Å². The first-order valence-corrected chi connectivity index (χ1v) is 11.8. The normalized spacial score (nSPS) is 11.6. The number of likely N-dealkylation sites (N-methyl/N-ethyl adjacent to an activating group) is 1. The number of rotatable bonds is 8. The highest BCUT2D eigenvalue weighted by molar-refractivity contribution is 7.89. The maximum atomic E-state index is 12.6. The molecule has 8 nitrogen and oxygen atoms in total. The summed E-state index contributed by atoms with van der Waals surface area (Å²) in [6, 6.07) is 7.30. The van der Waals surface area contributed by atoms with Gasteiger partial charge in [-0.05, 0) is 44.2 Å². The van der Waals surface area contributed by atoms with Crippen LogP contribution in [0.2, 0.25) is 5.02 Å². The number of carbonyl (C=O) groups is 2. The second-order valence-corrected chi connectivity index (χ2v) is 10.1. The van der Waals surface area contributed by atoms with Crippen molar-refractivity contribution in [2.45, 2.75) is 18.7 Å². The average Bonchev–Trinajstić information content (AvgIpc) is 3.34. The van der Waals surface area contributed by atoms with Crippen LogP contribution in [-0.2, 0) is 19.6 Å². The molecule has 0 radical (unpaired) electrons. The van der Waals surface area contributed by atoms with Gasteiger partial charge in [0.05, 0.1) is 4.90 Å². The van der Waals surface area contributed by atoms with Gasteiger partial charge >= 0.3 is 5.97 Å². The third kappa shape index (κ3) is 5.04. The van der Waals surface area contributed by atoms with Crippen molar-refractivity contribution in [2.24, 2.45) is 0 Å². The van der Waals surface area contributed by atoms with Crippen LogP contribution in [0, 0.1) is 13.8 Å². The van der Waals surface area contributed by atoms with Crippen molar-refractivity contribution in [3.63, 3.8) is 0 Å². The summed E-state index contributed by atoms with van der Waals surface area (Å²) in [4.78, 5) is 29.0. The summed E-state index contributed by atoms with van der Waals surface area (Å²) in [5.41, 5.74) is 1.94. The SMILES string of the molecule is Cc1cc(C(=O)COC(=O)CN(C)S(=O)(=O)c2ccc(Cl)cc2)c(C)n1-c1nccs1. The molecule has 0 spiro atoms. The van der Waals surface area contributed by atoms with E-state index in [1.807, 2.05) is 16.9 Å². The highest BCUT2D eigenvalue weighted by Crippen LogP contribution is 2.23. The Kier molecular flexibility index (Phi) is 6.95. The van der Waals surface area contributed by atoms with Crippen molar-refractivity contribution in [1.29, 1.82) is 0 Å². The van der Waals surface area contributed by atoms with Gasteiger partial charge in [-0.15, -0.1) is 11.3 Å². The number of aryl methyl sites for hydroxylation is 1. The van der Waals surface area contributed by atoms with Gasteiger partial charge in [-0.25, -0.2) is 13.4 Å². The molecule has 0 aliphatic rings. The number of esters is 1. The number of carbonyl (C=O) groups excluding carboxylic acids is 2. The maximum Gasteiger partial charge on any atom is 0.321 e. The Morgan fingerprint density at radius 2 is 1.90 bits per heavy atom. The predicted molar refractivity (Wildman–Crippen MR) is 117 cm³/mol. The van der Waals surface area contributed by atoms with E-state index in [-0.39, 0.29) is 10.7 Å². The summed E-state index contributed by atoms with van der Waals surface area (Å²) < 4.78 is 32.8. The largest absolute Gasteiger partial charge is 0.456 e. The second kappa shape index (κ2) is 9.31.